The minimum Gasteiger partial charge on any atom is -0.444 e. The molecule has 3 amide bonds. The zero-order chi connectivity index (χ0) is 27.2. The highest BCUT2D eigenvalue weighted by Gasteiger charge is 2.37. The number of carbonyl (C=O) groups excluding carboxylic acids is 3. The number of nitrogens with one attached hydrogen (secondary N) is 2. The number of hydrogen-bond donors (Lipinski definition) is 3. The predicted octanol–water partition coefficient (Wildman–Crippen LogP) is 3.92. The van der Waals surface area contributed by atoms with E-state index in [2.05, 4.69) is 10.6 Å². The van der Waals surface area contributed by atoms with Crippen molar-refractivity contribution in [3.05, 3.63) is 70.2 Å². The van der Waals surface area contributed by atoms with Crippen LogP contribution in [0.5, 0.6) is 0 Å². The lowest BCUT2D eigenvalue weighted by atomic mass is 9.95. The minimum atomic E-state index is -1.83. The number of halogens is 1. The molecular weight excluding hydrogens is 494 g/mol. The fraction of sp³-hybridized carbons (Fsp3) is 0.464. The molecule has 3 N–H and O–H groups in total. The van der Waals surface area contributed by atoms with Crippen LogP contribution >= 0.6 is 11.6 Å². The Bertz CT molecular complexity index is 1110. The van der Waals surface area contributed by atoms with Crippen molar-refractivity contribution in [3.8, 4) is 0 Å². The third kappa shape index (κ3) is 8.02. The number of ether oxygens (including phenoxy) is 1. The van der Waals surface area contributed by atoms with Gasteiger partial charge in [-0.05, 0) is 82.3 Å². The summed E-state index contributed by atoms with van der Waals surface area (Å²) in [4.78, 5) is 39.9. The van der Waals surface area contributed by atoms with Crippen LogP contribution in [0.25, 0.3) is 0 Å². The Morgan fingerprint density at radius 3 is 2.46 bits per heavy atom. The molecule has 9 heteroatoms. The summed E-state index contributed by atoms with van der Waals surface area (Å²) in [5.74, 6) is -1.19. The van der Waals surface area contributed by atoms with Crippen LogP contribution in [0.2, 0.25) is 5.02 Å². The maximum absolute atomic E-state index is 13.1. The molecule has 2 atom stereocenters. The fourth-order valence-corrected chi connectivity index (χ4v) is 4.54. The maximum atomic E-state index is 13.1. The SMILES string of the molecule is CC(C)(C)OC(=O)NCCc1ccc(Cl)cc1CN1CCC[C@H]1C(=O)NC(=O)[C@](C)(O)c1ccccc1. The largest absolute Gasteiger partial charge is 0.444 e. The van der Waals surface area contributed by atoms with Gasteiger partial charge in [0.25, 0.3) is 5.91 Å². The highest BCUT2D eigenvalue weighted by molar-refractivity contribution is 6.30. The highest BCUT2D eigenvalue weighted by Crippen LogP contribution is 2.25. The third-order valence-electron chi connectivity index (χ3n) is 6.29. The van der Waals surface area contributed by atoms with Gasteiger partial charge in [-0.15, -0.1) is 0 Å². The van der Waals surface area contributed by atoms with E-state index in [1.54, 1.807) is 36.4 Å². The topological polar surface area (TPSA) is 108 Å². The number of hydrogen-bond acceptors (Lipinski definition) is 6. The van der Waals surface area contributed by atoms with Crippen LogP contribution in [0.3, 0.4) is 0 Å². The van der Waals surface area contributed by atoms with Gasteiger partial charge in [-0.1, -0.05) is 48.0 Å². The summed E-state index contributed by atoms with van der Waals surface area (Å²) >= 11 is 6.28. The Hall–Kier alpha value is -2.94. The Kier molecular flexibility index (Phi) is 9.34. The van der Waals surface area contributed by atoms with Gasteiger partial charge in [0, 0.05) is 18.1 Å². The van der Waals surface area contributed by atoms with Crippen molar-refractivity contribution in [1.29, 1.82) is 0 Å². The van der Waals surface area contributed by atoms with Crippen LogP contribution in [-0.2, 0) is 32.9 Å². The number of likely N-dealkylation sites (tertiary alicyclic amines) is 1. The number of rotatable bonds is 8. The number of nitrogens with zero attached hydrogens (tertiary/aromatic N) is 1. The van der Waals surface area contributed by atoms with Gasteiger partial charge in [0.05, 0.1) is 6.04 Å². The smallest absolute Gasteiger partial charge is 0.407 e. The van der Waals surface area contributed by atoms with E-state index in [1.165, 1.54) is 6.92 Å². The van der Waals surface area contributed by atoms with E-state index in [4.69, 9.17) is 16.3 Å². The number of imide groups is 1. The summed E-state index contributed by atoms with van der Waals surface area (Å²) in [7, 11) is 0. The van der Waals surface area contributed by atoms with E-state index in [1.807, 2.05) is 37.8 Å². The average Bonchev–Trinajstić information content (AvgIpc) is 3.28. The third-order valence-corrected chi connectivity index (χ3v) is 6.52. The molecule has 0 spiro atoms. The van der Waals surface area contributed by atoms with Gasteiger partial charge < -0.3 is 15.2 Å². The second-order valence-corrected chi connectivity index (χ2v) is 10.9. The molecule has 3 rings (SSSR count). The van der Waals surface area contributed by atoms with Crippen molar-refractivity contribution in [1.82, 2.24) is 15.5 Å². The monoisotopic (exact) mass is 529 g/mol. The minimum absolute atomic E-state index is 0.385. The van der Waals surface area contributed by atoms with Crippen molar-refractivity contribution < 1.29 is 24.2 Å². The number of amides is 3. The second kappa shape index (κ2) is 12.1. The van der Waals surface area contributed by atoms with Crippen LogP contribution in [-0.4, -0.2) is 52.6 Å². The van der Waals surface area contributed by atoms with Gasteiger partial charge in [0.15, 0.2) is 5.60 Å². The number of carbonyl (C=O) groups is 3. The summed E-state index contributed by atoms with van der Waals surface area (Å²) in [5, 5.41) is 16.5. The van der Waals surface area contributed by atoms with Crippen LogP contribution in [0, 0.1) is 0 Å². The summed E-state index contributed by atoms with van der Waals surface area (Å²) < 4.78 is 5.29. The zero-order valence-electron chi connectivity index (χ0n) is 21.8. The number of alkyl carbamates (subject to hydrolysis) is 1. The standard InChI is InChI=1S/C28H36ClN3O5/c1-27(2,3)37-26(35)30-15-14-19-12-13-22(29)17-20(19)18-32-16-8-11-23(32)24(33)31-25(34)28(4,36)21-9-6-5-7-10-21/h5-7,9-10,12-13,17,23,36H,8,11,14-16,18H2,1-4H3,(H,30,35)(H,31,33,34)/t23-,28+/m0/s1. The van der Waals surface area contributed by atoms with E-state index in [0.717, 1.165) is 17.5 Å². The Morgan fingerprint density at radius 2 is 1.78 bits per heavy atom. The van der Waals surface area contributed by atoms with Crippen molar-refractivity contribution in [2.75, 3.05) is 13.1 Å². The zero-order valence-corrected chi connectivity index (χ0v) is 22.6. The molecule has 200 valence electrons. The van der Waals surface area contributed by atoms with E-state index >= 15 is 0 Å². The lowest BCUT2D eigenvalue weighted by Gasteiger charge is -2.27. The molecule has 0 unspecified atom stereocenters. The molecule has 0 bridgehead atoms. The Balaban J connectivity index is 1.64. The first kappa shape index (κ1) is 28.6. The number of benzene rings is 2. The van der Waals surface area contributed by atoms with Gasteiger partial charge in [0.1, 0.15) is 5.60 Å². The van der Waals surface area contributed by atoms with Gasteiger partial charge in [0.2, 0.25) is 5.91 Å². The lowest BCUT2D eigenvalue weighted by molar-refractivity contribution is -0.144. The molecule has 0 aliphatic carbocycles. The molecular formula is C28H36ClN3O5. The fourth-order valence-electron chi connectivity index (χ4n) is 4.34. The first-order chi connectivity index (χ1) is 17.4. The highest BCUT2D eigenvalue weighted by atomic mass is 35.5. The lowest BCUT2D eigenvalue weighted by Crippen LogP contribution is -2.50. The van der Waals surface area contributed by atoms with Crippen LogP contribution < -0.4 is 10.6 Å². The van der Waals surface area contributed by atoms with Crippen LogP contribution in [0.1, 0.15) is 57.2 Å². The van der Waals surface area contributed by atoms with Gasteiger partial charge in [-0.3, -0.25) is 19.8 Å². The van der Waals surface area contributed by atoms with Gasteiger partial charge >= 0.3 is 6.09 Å². The molecule has 1 fully saturated rings. The molecule has 0 radical (unpaired) electrons. The summed E-state index contributed by atoms with van der Waals surface area (Å²) in [6, 6.07) is 13.6. The van der Waals surface area contributed by atoms with E-state index in [9.17, 15) is 19.5 Å². The second-order valence-electron chi connectivity index (χ2n) is 10.5. The van der Waals surface area contributed by atoms with E-state index in [0.29, 0.717) is 43.1 Å². The Morgan fingerprint density at radius 1 is 1.08 bits per heavy atom. The van der Waals surface area contributed by atoms with Gasteiger partial charge in [-0.2, -0.15) is 0 Å². The predicted molar refractivity (Wildman–Crippen MR) is 142 cm³/mol. The van der Waals surface area contributed by atoms with Crippen molar-refractivity contribution in [2.45, 2.75) is 70.7 Å². The summed E-state index contributed by atoms with van der Waals surface area (Å²) in [6.07, 6.45) is 1.49. The first-order valence-electron chi connectivity index (χ1n) is 12.5. The van der Waals surface area contributed by atoms with Crippen LogP contribution in [0.15, 0.2) is 48.5 Å². The van der Waals surface area contributed by atoms with Crippen molar-refractivity contribution in [3.63, 3.8) is 0 Å². The normalized spacial score (nSPS) is 17.6. The molecule has 2 aromatic rings. The Labute approximate surface area is 223 Å². The molecule has 8 nitrogen and oxygen atoms in total. The van der Waals surface area contributed by atoms with E-state index in [-0.39, 0.29) is 0 Å². The summed E-state index contributed by atoms with van der Waals surface area (Å²) in [5.41, 5.74) is -0.0548. The van der Waals surface area contributed by atoms with Crippen molar-refractivity contribution in [2.24, 2.45) is 0 Å². The van der Waals surface area contributed by atoms with Crippen LogP contribution in [0.4, 0.5) is 4.79 Å². The van der Waals surface area contributed by atoms with E-state index < -0.39 is 35.2 Å². The molecule has 2 aromatic carbocycles. The molecule has 0 saturated carbocycles. The molecule has 37 heavy (non-hydrogen) atoms. The molecule has 1 saturated heterocycles. The number of aliphatic hydroxyl groups is 1. The maximum Gasteiger partial charge on any atom is 0.407 e. The molecule has 1 aliphatic rings. The molecule has 1 aliphatic heterocycles. The first-order valence-corrected chi connectivity index (χ1v) is 12.9. The quantitative estimate of drug-likeness (QED) is 0.478. The summed E-state index contributed by atoms with van der Waals surface area (Å²) in [6.45, 7) is 8.33. The molecule has 0 aromatic heterocycles. The van der Waals surface area contributed by atoms with Crippen molar-refractivity contribution >= 4 is 29.5 Å². The average molecular weight is 530 g/mol. The molecule has 1 heterocycles. The van der Waals surface area contributed by atoms with Gasteiger partial charge in [-0.25, -0.2) is 4.79 Å².